The van der Waals surface area contributed by atoms with E-state index in [1.165, 1.54) is 6.42 Å². The van der Waals surface area contributed by atoms with Crippen LogP contribution in [0.2, 0.25) is 0 Å². The van der Waals surface area contributed by atoms with Crippen LogP contribution < -0.4 is 5.32 Å². The zero-order valence-corrected chi connectivity index (χ0v) is 11.4. The van der Waals surface area contributed by atoms with Gasteiger partial charge < -0.3 is 5.32 Å². The van der Waals surface area contributed by atoms with Crippen molar-refractivity contribution in [2.75, 3.05) is 11.9 Å². The van der Waals surface area contributed by atoms with E-state index in [-0.39, 0.29) is 10.6 Å². The molecule has 0 aromatic heterocycles. The lowest BCUT2D eigenvalue weighted by Crippen LogP contribution is -2.05. The average Bonchev–Trinajstić information content (AvgIpc) is 2.27. The first-order chi connectivity index (χ1) is 8.50. The lowest BCUT2D eigenvalue weighted by atomic mass is 10.1. The summed E-state index contributed by atoms with van der Waals surface area (Å²) in [7, 11) is 0. The Balaban J connectivity index is 2.50. The predicted molar refractivity (Wildman–Crippen MR) is 75.0 cm³/mol. The Morgan fingerprint density at radius 1 is 1.33 bits per heavy atom. The predicted octanol–water partition coefficient (Wildman–Crippen LogP) is 4.14. The third kappa shape index (κ3) is 4.73. The Kier molecular flexibility index (Phi) is 5.62. The summed E-state index contributed by atoms with van der Waals surface area (Å²) in [4.78, 5) is 10.5. The van der Waals surface area contributed by atoms with Gasteiger partial charge in [-0.2, -0.15) is 0 Å². The lowest BCUT2D eigenvalue weighted by Gasteiger charge is -2.08. The van der Waals surface area contributed by atoms with E-state index in [0.29, 0.717) is 5.69 Å². The highest BCUT2D eigenvalue weighted by atomic mass is 16.6. The summed E-state index contributed by atoms with van der Waals surface area (Å²) < 4.78 is 0. The minimum atomic E-state index is -0.337. The van der Waals surface area contributed by atoms with Gasteiger partial charge in [0.05, 0.1) is 4.92 Å². The summed E-state index contributed by atoms with van der Waals surface area (Å²) in [6.45, 7) is 7.14. The number of nitro groups is 1. The second-order valence-corrected chi connectivity index (χ2v) is 5.09. The van der Waals surface area contributed by atoms with Gasteiger partial charge >= 0.3 is 0 Å². The van der Waals surface area contributed by atoms with Crippen molar-refractivity contribution in [2.45, 2.75) is 40.0 Å². The van der Waals surface area contributed by atoms with Crippen LogP contribution in [0.4, 0.5) is 11.4 Å². The summed E-state index contributed by atoms with van der Waals surface area (Å²) >= 11 is 0. The molecule has 0 spiro atoms. The molecule has 0 aliphatic rings. The molecule has 4 heteroatoms. The molecule has 1 aromatic carbocycles. The van der Waals surface area contributed by atoms with Crippen molar-refractivity contribution in [3.63, 3.8) is 0 Å². The second-order valence-electron chi connectivity index (χ2n) is 5.09. The fourth-order valence-corrected chi connectivity index (χ4v) is 1.85. The molecule has 1 N–H and O–H groups in total. The van der Waals surface area contributed by atoms with Crippen LogP contribution in [0.5, 0.6) is 0 Å². The van der Waals surface area contributed by atoms with E-state index in [0.717, 1.165) is 30.9 Å². The summed E-state index contributed by atoms with van der Waals surface area (Å²) in [5.41, 5.74) is 1.82. The zero-order valence-electron chi connectivity index (χ0n) is 11.4. The SMILES string of the molecule is Cc1ccc([N+](=O)[O-])c(NCCCCC(C)C)c1. The van der Waals surface area contributed by atoms with E-state index in [1.54, 1.807) is 12.1 Å². The standard InChI is InChI=1S/C14H22N2O2/c1-11(2)6-4-5-9-15-13-10-12(3)7-8-14(13)16(17)18/h7-8,10-11,15H,4-6,9H2,1-3H3. The van der Waals surface area contributed by atoms with Crippen molar-refractivity contribution >= 4 is 11.4 Å². The fourth-order valence-electron chi connectivity index (χ4n) is 1.85. The number of unbranched alkanes of at least 4 members (excludes halogenated alkanes) is 1. The molecule has 1 rings (SSSR count). The number of rotatable bonds is 7. The molecule has 18 heavy (non-hydrogen) atoms. The smallest absolute Gasteiger partial charge is 0.292 e. The van der Waals surface area contributed by atoms with Crippen molar-refractivity contribution in [3.05, 3.63) is 33.9 Å². The van der Waals surface area contributed by atoms with E-state index in [4.69, 9.17) is 0 Å². The molecule has 0 unspecified atom stereocenters. The van der Waals surface area contributed by atoms with Crippen LogP contribution in [0.15, 0.2) is 18.2 Å². The molecule has 0 atom stereocenters. The molecule has 0 aliphatic heterocycles. The van der Waals surface area contributed by atoms with Crippen LogP contribution in [0.3, 0.4) is 0 Å². The molecular formula is C14H22N2O2. The molecule has 0 saturated heterocycles. The zero-order chi connectivity index (χ0) is 13.5. The molecular weight excluding hydrogens is 228 g/mol. The number of nitro benzene ring substituents is 1. The highest BCUT2D eigenvalue weighted by Gasteiger charge is 2.12. The third-order valence-electron chi connectivity index (χ3n) is 2.87. The number of nitrogens with zero attached hydrogens (tertiary/aromatic N) is 1. The molecule has 100 valence electrons. The molecule has 4 nitrogen and oxygen atoms in total. The van der Waals surface area contributed by atoms with Crippen LogP contribution in [0.25, 0.3) is 0 Å². The Morgan fingerprint density at radius 3 is 2.67 bits per heavy atom. The van der Waals surface area contributed by atoms with Crippen molar-refractivity contribution < 1.29 is 4.92 Å². The molecule has 0 fully saturated rings. The lowest BCUT2D eigenvalue weighted by molar-refractivity contribution is -0.384. The minimum Gasteiger partial charge on any atom is -0.379 e. The maximum Gasteiger partial charge on any atom is 0.292 e. The molecule has 0 aliphatic carbocycles. The fraction of sp³-hybridized carbons (Fsp3) is 0.571. The van der Waals surface area contributed by atoms with Gasteiger partial charge in [0.1, 0.15) is 5.69 Å². The highest BCUT2D eigenvalue weighted by Crippen LogP contribution is 2.25. The third-order valence-corrected chi connectivity index (χ3v) is 2.87. The van der Waals surface area contributed by atoms with Crippen molar-refractivity contribution in [3.8, 4) is 0 Å². The number of benzene rings is 1. The Morgan fingerprint density at radius 2 is 2.06 bits per heavy atom. The number of nitrogens with one attached hydrogen (secondary N) is 1. The van der Waals surface area contributed by atoms with Crippen LogP contribution in [0, 0.1) is 23.0 Å². The molecule has 0 bridgehead atoms. The summed E-state index contributed by atoms with van der Waals surface area (Å²) in [6.07, 6.45) is 3.41. The molecule has 0 heterocycles. The molecule has 0 amide bonds. The van der Waals surface area contributed by atoms with Gasteiger partial charge in [0, 0.05) is 12.6 Å². The van der Waals surface area contributed by atoms with Gasteiger partial charge in [-0.3, -0.25) is 10.1 Å². The Bertz CT molecular complexity index is 403. The van der Waals surface area contributed by atoms with Gasteiger partial charge in [0.15, 0.2) is 0 Å². The normalized spacial score (nSPS) is 10.7. The number of hydrogen-bond donors (Lipinski definition) is 1. The van der Waals surface area contributed by atoms with Gasteiger partial charge in [0.25, 0.3) is 5.69 Å². The van der Waals surface area contributed by atoms with Crippen molar-refractivity contribution in [2.24, 2.45) is 5.92 Å². The van der Waals surface area contributed by atoms with Gasteiger partial charge in [0.2, 0.25) is 0 Å². The van der Waals surface area contributed by atoms with Gasteiger partial charge in [-0.25, -0.2) is 0 Å². The maximum absolute atomic E-state index is 10.9. The van der Waals surface area contributed by atoms with Crippen LogP contribution in [0.1, 0.15) is 38.7 Å². The summed E-state index contributed by atoms with van der Waals surface area (Å²) in [5, 5.41) is 14.0. The number of anilines is 1. The maximum atomic E-state index is 10.9. The Hall–Kier alpha value is -1.58. The molecule has 0 saturated carbocycles. The topological polar surface area (TPSA) is 55.2 Å². The summed E-state index contributed by atoms with van der Waals surface area (Å²) in [5.74, 6) is 0.721. The van der Waals surface area contributed by atoms with E-state index in [2.05, 4.69) is 19.2 Å². The average molecular weight is 250 g/mol. The van der Waals surface area contributed by atoms with E-state index < -0.39 is 0 Å². The van der Waals surface area contributed by atoms with E-state index >= 15 is 0 Å². The van der Waals surface area contributed by atoms with E-state index in [9.17, 15) is 10.1 Å². The van der Waals surface area contributed by atoms with E-state index in [1.807, 2.05) is 13.0 Å². The molecule has 1 aromatic rings. The van der Waals surface area contributed by atoms with Crippen LogP contribution in [-0.4, -0.2) is 11.5 Å². The highest BCUT2D eigenvalue weighted by molar-refractivity contribution is 5.62. The van der Waals surface area contributed by atoms with Crippen LogP contribution in [-0.2, 0) is 0 Å². The largest absolute Gasteiger partial charge is 0.379 e. The molecule has 0 radical (unpaired) electrons. The van der Waals surface area contributed by atoms with Gasteiger partial charge in [-0.05, 0) is 30.9 Å². The monoisotopic (exact) mass is 250 g/mol. The first kappa shape index (κ1) is 14.5. The first-order valence-corrected chi connectivity index (χ1v) is 6.49. The first-order valence-electron chi connectivity index (χ1n) is 6.49. The van der Waals surface area contributed by atoms with Crippen molar-refractivity contribution in [1.82, 2.24) is 0 Å². The Labute approximate surface area is 109 Å². The quantitative estimate of drug-likeness (QED) is 0.449. The number of aryl methyl sites for hydroxylation is 1. The van der Waals surface area contributed by atoms with Gasteiger partial charge in [-0.15, -0.1) is 0 Å². The van der Waals surface area contributed by atoms with Gasteiger partial charge in [-0.1, -0.05) is 32.8 Å². The van der Waals surface area contributed by atoms with Crippen molar-refractivity contribution in [1.29, 1.82) is 0 Å². The number of hydrogen-bond acceptors (Lipinski definition) is 3. The second kappa shape index (κ2) is 6.99. The summed E-state index contributed by atoms with van der Waals surface area (Å²) in [6, 6.07) is 5.16. The van der Waals surface area contributed by atoms with Crippen LogP contribution >= 0.6 is 0 Å². The minimum absolute atomic E-state index is 0.157.